The molecule has 3 nitrogen and oxygen atoms in total. The van der Waals surface area contributed by atoms with Crippen LogP contribution in [0.2, 0.25) is 0 Å². The van der Waals surface area contributed by atoms with Crippen LogP contribution in [0.15, 0.2) is 0 Å². The average Bonchev–Trinajstić information content (AvgIpc) is 2.59. The lowest BCUT2D eigenvalue weighted by atomic mass is 9.94. The third kappa shape index (κ3) is 2.87. The van der Waals surface area contributed by atoms with Gasteiger partial charge >= 0.3 is 0 Å². The summed E-state index contributed by atoms with van der Waals surface area (Å²) >= 11 is 2.05. The predicted molar refractivity (Wildman–Crippen MR) is 65.6 cm³/mol. The summed E-state index contributed by atoms with van der Waals surface area (Å²) in [6.45, 7) is 7.57. The highest BCUT2D eigenvalue weighted by atomic mass is 32.2. The minimum atomic E-state index is 0.184. The Morgan fingerprint density at radius 1 is 1.60 bits per heavy atom. The zero-order valence-electron chi connectivity index (χ0n) is 9.71. The number of nitrogens with one attached hydrogen (secondary N) is 2. The molecule has 2 rings (SSSR count). The Kier molecular flexibility index (Phi) is 3.93. The number of hydrogen-bond donors (Lipinski definition) is 2. The smallest absolute Gasteiger partial charge is 0.0726 e. The van der Waals surface area contributed by atoms with E-state index in [0.717, 1.165) is 26.1 Å². The molecule has 3 unspecified atom stereocenters. The van der Waals surface area contributed by atoms with Crippen molar-refractivity contribution < 1.29 is 4.74 Å². The summed E-state index contributed by atoms with van der Waals surface area (Å²) in [6, 6.07) is 0.633. The molecule has 2 N–H and O–H groups in total. The van der Waals surface area contributed by atoms with E-state index in [2.05, 4.69) is 36.2 Å². The summed E-state index contributed by atoms with van der Waals surface area (Å²) in [5, 5.41) is 7.23. The summed E-state index contributed by atoms with van der Waals surface area (Å²) in [5.74, 6) is 2.49. The molecule has 0 amide bonds. The van der Waals surface area contributed by atoms with Crippen LogP contribution in [0.1, 0.15) is 20.3 Å². The molecule has 0 aliphatic carbocycles. The summed E-state index contributed by atoms with van der Waals surface area (Å²) < 4.78 is 5.62. The Labute approximate surface area is 96.7 Å². The Bertz CT molecular complexity index is 209. The fraction of sp³-hybridized carbons (Fsp3) is 1.00. The van der Waals surface area contributed by atoms with Crippen LogP contribution in [-0.2, 0) is 4.74 Å². The highest BCUT2D eigenvalue weighted by molar-refractivity contribution is 7.99. The van der Waals surface area contributed by atoms with Crippen molar-refractivity contribution >= 4 is 11.8 Å². The van der Waals surface area contributed by atoms with Crippen LogP contribution in [0.3, 0.4) is 0 Å². The Morgan fingerprint density at radius 2 is 2.47 bits per heavy atom. The zero-order chi connectivity index (χ0) is 10.7. The average molecular weight is 230 g/mol. The zero-order valence-corrected chi connectivity index (χ0v) is 10.5. The van der Waals surface area contributed by atoms with Gasteiger partial charge in [-0.15, -0.1) is 0 Å². The normalized spacial score (nSPS) is 42.0. The maximum absolute atomic E-state index is 5.62. The van der Waals surface area contributed by atoms with E-state index in [9.17, 15) is 0 Å². The molecule has 2 saturated heterocycles. The van der Waals surface area contributed by atoms with E-state index in [0.29, 0.717) is 12.1 Å². The van der Waals surface area contributed by atoms with Gasteiger partial charge < -0.3 is 15.4 Å². The number of hydrogen-bond acceptors (Lipinski definition) is 4. The third-order valence-electron chi connectivity index (χ3n) is 3.64. The highest BCUT2D eigenvalue weighted by Gasteiger charge is 2.36. The molecule has 0 radical (unpaired) electrons. The minimum Gasteiger partial charge on any atom is -0.377 e. The molecule has 2 heterocycles. The summed E-state index contributed by atoms with van der Waals surface area (Å²) in [6.07, 6.45) is 1.47. The molecule has 4 heteroatoms. The van der Waals surface area contributed by atoms with Crippen molar-refractivity contribution in [2.45, 2.75) is 38.0 Å². The minimum absolute atomic E-state index is 0.184. The van der Waals surface area contributed by atoms with Crippen LogP contribution in [0.25, 0.3) is 0 Å². The van der Waals surface area contributed by atoms with Crippen LogP contribution in [0, 0.1) is 0 Å². The van der Waals surface area contributed by atoms with Gasteiger partial charge in [0.15, 0.2) is 0 Å². The second-order valence-electron chi connectivity index (χ2n) is 4.79. The van der Waals surface area contributed by atoms with Crippen LogP contribution in [0.4, 0.5) is 0 Å². The van der Waals surface area contributed by atoms with E-state index in [1.54, 1.807) is 0 Å². The van der Waals surface area contributed by atoms with Crippen LogP contribution in [-0.4, -0.2) is 48.9 Å². The first-order valence-corrected chi connectivity index (χ1v) is 7.04. The van der Waals surface area contributed by atoms with Crippen molar-refractivity contribution in [1.82, 2.24) is 10.6 Å². The van der Waals surface area contributed by atoms with Crippen molar-refractivity contribution in [2.75, 3.05) is 31.2 Å². The highest BCUT2D eigenvalue weighted by Crippen LogP contribution is 2.25. The third-order valence-corrected chi connectivity index (χ3v) is 4.77. The topological polar surface area (TPSA) is 33.3 Å². The standard InChI is InChI=1S/C11H22N2OS/c1-9-11(2,3-5-14-9)13-7-10-8-15-6-4-12-10/h9-10,12-13H,3-8H2,1-2H3. The monoisotopic (exact) mass is 230 g/mol. The van der Waals surface area contributed by atoms with E-state index in [1.165, 1.54) is 11.5 Å². The number of thioether (sulfide) groups is 1. The largest absolute Gasteiger partial charge is 0.377 e. The SMILES string of the molecule is CC1OCCC1(C)NCC1CSCCN1. The van der Waals surface area contributed by atoms with E-state index < -0.39 is 0 Å². The molecule has 0 saturated carbocycles. The van der Waals surface area contributed by atoms with E-state index in [4.69, 9.17) is 4.74 Å². The molecular weight excluding hydrogens is 208 g/mol. The number of rotatable bonds is 3. The van der Waals surface area contributed by atoms with E-state index >= 15 is 0 Å². The molecular formula is C11H22N2OS. The van der Waals surface area contributed by atoms with Crippen molar-refractivity contribution in [3.05, 3.63) is 0 Å². The van der Waals surface area contributed by atoms with Crippen molar-refractivity contribution in [3.8, 4) is 0 Å². The Balaban J connectivity index is 1.76. The van der Waals surface area contributed by atoms with Gasteiger partial charge in [0.1, 0.15) is 0 Å². The van der Waals surface area contributed by atoms with Gasteiger partial charge in [0.05, 0.1) is 6.10 Å². The first kappa shape index (κ1) is 11.7. The summed E-state index contributed by atoms with van der Waals surface area (Å²) in [4.78, 5) is 0. The van der Waals surface area contributed by atoms with E-state index in [1.807, 2.05) is 0 Å². The van der Waals surface area contributed by atoms with Gasteiger partial charge in [0.2, 0.25) is 0 Å². The van der Waals surface area contributed by atoms with Gasteiger partial charge in [0.25, 0.3) is 0 Å². The molecule has 0 aromatic heterocycles. The Morgan fingerprint density at radius 3 is 3.07 bits per heavy atom. The summed E-state index contributed by atoms with van der Waals surface area (Å²) in [5.41, 5.74) is 0.184. The van der Waals surface area contributed by atoms with Gasteiger partial charge in [-0.1, -0.05) is 0 Å². The van der Waals surface area contributed by atoms with Gasteiger partial charge in [0, 0.05) is 42.8 Å². The maximum Gasteiger partial charge on any atom is 0.0726 e. The van der Waals surface area contributed by atoms with Gasteiger partial charge in [-0.3, -0.25) is 0 Å². The Hall–Kier alpha value is 0.230. The quantitative estimate of drug-likeness (QED) is 0.753. The van der Waals surface area contributed by atoms with Crippen molar-refractivity contribution in [1.29, 1.82) is 0 Å². The molecule has 15 heavy (non-hydrogen) atoms. The summed E-state index contributed by atoms with van der Waals surface area (Å²) in [7, 11) is 0. The molecule has 0 aromatic carbocycles. The predicted octanol–water partition coefficient (Wildman–Crippen LogP) is 0.848. The lowest BCUT2D eigenvalue weighted by Crippen LogP contribution is -2.54. The van der Waals surface area contributed by atoms with Crippen LogP contribution >= 0.6 is 11.8 Å². The lowest BCUT2D eigenvalue weighted by molar-refractivity contribution is 0.0880. The van der Waals surface area contributed by atoms with Crippen molar-refractivity contribution in [3.63, 3.8) is 0 Å². The fourth-order valence-electron chi connectivity index (χ4n) is 2.17. The van der Waals surface area contributed by atoms with Crippen molar-refractivity contribution in [2.24, 2.45) is 0 Å². The molecule has 2 fully saturated rings. The van der Waals surface area contributed by atoms with Crippen LogP contribution < -0.4 is 10.6 Å². The van der Waals surface area contributed by atoms with Gasteiger partial charge in [-0.05, 0) is 20.3 Å². The molecule has 88 valence electrons. The first-order chi connectivity index (χ1) is 7.21. The number of ether oxygens (including phenoxy) is 1. The second-order valence-corrected chi connectivity index (χ2v) is 5.94. The molecule has 2 aliphatic heterocycles. The lowest BCUT2D eigenvalue weighted by Gasteiger charge is -2.32. The molecule has 0 aromatic rings. The fourth-order valence-corrected chi connectivity index (χ4v) is 3.12. The first-order valence-electron chi connectivity index (χ1n) is 5.88. The molecule has 3 atom stereocenters. The molecule has 2 aliphatic rings. The second kappa shape index (κ2) is 5.04. The molecule has 0 spiro atoms. The van der Waals surface area contributed by atoms with Crippen LogP contribution in [0.5, 0.6) is 0 Å². The van der Waals surface area contributed by atoms with Gasteiger partial charge in [-0.25, -0.2) is 0 Å². The van der Waals surface area contributed by atoms with Gasteiger partial charge in [-0.2, -0.15) is 11.8 Å². The maximum atomic E-state index is 5.62. The van der Waals surface area contributed by atoms with E-state index in [-0.39, 0.29) is 5.54 Å². The molecule has 0 bridgehead atoms.